The van der Waals surface area contributed by atoms with Gasteiger partial charge in [0.05, 0.1) is 11.4 Å². The van der Waals surface area contributed by atoms with Gasteiger partial charge in [-0.15, -0.1) is 0 Å². The molecule has 0 aromatic heterocycles. The van der Waals surface area contributed by atoms with Crippen LogP contribution in [0.2, 0.25) is 0 Å². The first-order chi connectivity index (χ1) is 17.9. The topological polar surface area (TPSA) is 77.1 Å². The maximum absolute atomic E-state index is 13.0. The van der Waals surface area contributed by atoms with Crippen molar-refractivity contribution >= 4 is 51.9 Å². The fraction of sp³-hybridized carbons (Fsp3) is 0.179. The summed E-state index contributed by atoms with van der Waals surface area (Å²) in [6.07, 6.45) is 1.80. The molecule has 2 aliphatic rings. The summed E-state index contributed by atoms with van der Waals surface area (Å²) in [5.41, 5.74) is 4.64. The first kappa shape index (κ1) is 24.9. The maximum atomic E-state index is 13.0. The monoisotopic (exact) mass is 532 g/mol. The number of thiocarbonyl (C=S) groups is 1. The normalized spacial score (nSPS) is 15.4. The fourth-order valence-corrected chi connectivity index (χ4v) is 5.21. The van der Waals surface area contributed by atoms with E-state index >= 15 is 0 Å². The Morgan fingerprint density at radius 2 is 1.86 bits per heavy atom. The van der Waals surface area contributed by atoms with E-state index in [9.17, 15) is 9.59 Å². The summed E-state index contributed by atoms with van der Waals surface area (Å²) in [6.45, 7) is 4.41. The number of anilines is 1. The van der Waals surface area contributed by atoms with Gasteiger partial charge in [-0.2, -0.15) is 0 Å². The molecule has 2 heterocycles. The molecule has 37 heavy (non-hydrogen) atoms. The average molecular weight is 533 g/mol. The molecule has 2 aliphatic heterocycles. The van der Waals surface area contributed by atoms with Crippen molar-refractivity contribution < 1.29 is 23.8 Å². The molecule has 0 saturated carbocycles. The van der Waals surface area contributed by atoms with Crippen molar-refractivity contribution in [2.45, 2.75) is 20.4 Å². The fourth-order valence-electron chi connectivity index (χ4n) is 3.96. The number of ether oxygens (including phenoxy) is 3. The second-order valence-corrected chi connectivity index (χ2v) is 10.4. The van der Waals surface area contributed by atoms with E-state index in [-0.39, 0.29) is 25.2 Å². The Morgan fingerprint density at radius 3 is 2.65 bits per heavy atom. The van der Waals surface area contributed by atoms with Crippen molar-refractivity contribution in [3.8, 4) is 17.2 Å². The van der Waals surface area contributed by atoms with Gasteiger partial charge >= 0.3 is 0 Å². The molecule has 1 fully saturated rings. The summed E-state index contributed by atoms with van der Waals surface area (Å²) in [5, 5.41) is 2.87. The van der Waals surface area contributed by atoms with Crippen LogP contribution in [0.1, 0.15) is 22.3 Å². The van der Waals surface area contributed by atoms with Crippen LogP contribution in [0.5, 0.6) is 17.2 Å². The molecular formula is C28H24N2O5S2. The zero-order chi connectivity index (χ0) is 25.9. The van der Waals surface area contributed by atoms with Gasteiger partial charge in [-0.3, -0.25) is 14.5 Å². The van der Waals surface area contributed by atoms with Crippen LogP contribution in [0.25, 0.3) is 6.08 Å². The predicted molar refractivity (Wildman–Crippen MR) is 148 cm³/mol. The van der Waals surface area contributed by atoms with Gasteiger partial charge in [0.15, 0.2) is 18.1 Å². The van der Waals surface area contributed by atoms with Gasteiger partial charge in [0.2, 0.25) is 6.79 Å². The highest BCUT2D eigenvalue weighted by molar-refractivity contribution is 8.26. The van der Waals surface area contributed by atoms with Crippen LogP contribution >= 0.6 is 24.0 Å². The summed E-state index contributed by atoms with van der Waals surface area (Å²) in [6, 6.07) is 18.7. The lowest BCUT2D eigenvalue weighted by Crippen LogP contribution is -2.27. The number of nitrogens with one attached hydrogen (secondary N) is 1. The van der Waals surface area contributed by atoms with Gasteiger partial charge in [0, 0.05) is 5.69 Å². The molecule has 0 spiro atoms. The van der Waals surface area contributed by atoms with Gasteiger partial charge < -0.3 is 19.5 Å². The standard InChI is InChI=1S/C28H24N2O5S2/c1-17-3-9-22(18(2)11-17)29-26(31)15-33-21-7-4-19(5-8-21)13-25-27(32)30(28(36)37-25)14-20-6-10-23-24(12-20)35-16-34-23/h3-13H,14-16H2,1-2H3,(H,29,31)/b25-13-. The smallest absolute Gasteiger partial charge is 0.266 e. The third-order valence-corrected chi connectivity index (χ3v) is 7.23. The Balaban J connectivity index is 1.17. The van der Waals surface area contributed by atoms with Gasteiger partial charge in [0.25, 0.3) is 11.8 Å². The lowest BCUT2D eigenvalue weighted by molar-refractivity contribution is -0.122. The molecule has 3 aromatic carbocycles. The number of nitrogens with zero attached hydrogens (tertiary/aromatic N) is 1. The lowest BCUT2D eigenvalue weighted by atomic mass is 10.1. The molecule has 188 valence electrons. The van der Waals surface area contributed by atoms with Gasteiger partial charge in [0.1, 0.15) is 10.1 Å². The summed E-state index contributed by atoms with van der Waals surface area (Å²) in [4.78, 5) is 27.4. The molecule has 0 aliphatic carbocycles. The highest BCUT2D eigenvalue weighted by atomic mass is 32.2. The molecule has 7 nitrogen and oxygen atoms in total. The van der Waals surface area contributed by atoms with Crippen molar-refractivity contribution in [2.75, 3.05) is 18.7 Å². The Hall–Kier alpha value is -3.82. The number of thioether (sulfide) groups is 1. The number of rotatable bonds is 7. The minimum Gasteiger partial charge on any atom is -0.484 e. The molecule has 1 N–H and O–H groups in total. The largest absolute Gasteiger partial charge is 0.484 e. The van der Waals surface area contributed by atoms with Crippen molar-refractivity contribution in [3.05, 3.63) is 87.8 Å². The molecule has 0 radical (unpaired) electrons. The Kier molecular flexibility index (Phi) is 7.16. The molecule has 3 aromatic rings. The van der Waals surface area contributed by atoms with Crippen molar-refractivity contribution in [2.24, 2.45) is 0 Å². The minimum atomic E-state index is -0.234. The average Bonchev–Trinajstić information content (AvgIpc) is 3.45. The van der Waals surface area contributed by atoms with Gasteiger partial charge in [-0.05, 0) is 66.9 Å². The molecule has 2 amide bonds. The molecule has 5 rings (SSSR count). The Labute approximate surface area is 224 Å². The van der Waals surface area contributed by atoms with E-state index < -0.39 is 0 Å². The Bertz CT molecular complexity index is 1420. The number of benzene rings is 3. The first-order valence-electron chi connectivity index (χ1n) is 11.6. The van der Waals surface area contributed by atoms with Crippen LogP contribution < -0.4 is 19.5 Å². The summed E-state index contributed by atoms with van der Waals surface area (Å²) in [5.74, 6) is 1.55. The van der Waals surface area contributed by atoms with Crippen molar-refractivity contribution in [1.29, 1.82) is 0 Å². The lowest BCUT2D eigenvalue weighted by Gasteiger charge is -2.14. The van der Waals surface area contributed by atoms with E-state index in [0.29, 0.717) is 33.0 Å². The summed E-state index contributed by atoms with van der Waals surface area (Å²) >= 11 is 6.73. The van der Waals surface area contributed by atoms with Crippen molar-refractivity contribution in [3.63, 3.8) is 0 Å². The molecule has 0 unspecified atom stereocenters. The number of aryl methyl sites for hydroxylation is 2. The third-order valence-electron chi connectivity index (χ3n) is 5.86. The Morgan fingerprint density at radius 1 is 1.08 bits per heavy atom. The van der Waals surface area contributed by atoms with Crippen LogP contribution in [-0.2, 0) is 16.1 Å². The maximum Gasteiger partial charge on any atom is 0.266 e. The number of fused-ring (bicyclic) bond motifs is 1. The van der Waals surface area contributed by atoms with Gasteiger partial charge in [-0.25, -0.2) is 0 Å². The quantitative estimate of drug-likeness (QED) is 0.320. The van der Waals surface area contributed by atoms with E-state index in [2.05, 4.69) is 5.32 Å². The van der Waals surface area contributed by atoms with Gasteiger partial charge in [-0.1, -0.05) is 59.9 Å². The number of carbonyl (C=O) groups excluding carboxylic acids is 2. The highest BCUT2D eigenvalue weighted by Gasteiger charge is 2.32. The second-order valence-electron chi connectivity index (χ2n) is 8.68. The summed E-state index contributed by atoms with van der Waals surface area (Å²) in [7, 11) is 0. The van der Waals surface area contributed by atoms with E-state index in [0.717, 1.165) is 27.9 Å². The predicted octanol–water partition coefficient (Wildman–Crippen LogP) is 5.45. The minimum absolute atomic E-state index is 0.106. The molecule has 0 bridgehead atoms. The van der Waals surface area contributed by atoms with E-state index in [1.165, 1.54) is 11.8 Å². The number of hydrogen-bond acceptors (Lipinski definition) is 7. The summed E-state index contributed by atoms with van der Waals surface area (Å²) < 4.78 is 16.9. The SMILES string of the molecule is Cc1ccc(NC(=O)COc2ccc(/C=C3\SC(=S)N(Cc4ccc5c(c4)OCO5)C3=O)cc2)c(C)c1. The number of carbonyl (C=O) groups is 2. The van der Waals surface area contributed by atoms with Crippen LogP contribution in [0.4, 0.5) is 5.69 Å². The third kappa shape index (κ3) is 5.79. The zero-order valence-electron chi connectivity index (χ0n) is 20.3. The van der Waals surface area contributed by atoms with Crippen molar-refractivity contribution in [1.82, 2.24) is 4.90 Å². The molecular weight excluding hydrogens is 508 g/mol. The number of amides is 2. The highest BCUT2D eigenvalue weighted by Crippen LogP contribution is 2.36. The van der Waals surface area contributed by atoms with Crippen LogP contribution in [0, 0.1) is 13.8 Å². The van der Waals surface area contributed by atoms with Crippen LogP contribution in [0.15, 0.2) is 65.6 Å². The van der Waals surface area contributed by atoms with E-state index in [1.54, 1.807) is 23.1 Å². The molecule has 0 atom stereocenters. The molecule has 1 saturated heterocycles. The van der Waals surface area contributed by atoms with Crippen LogP contribution in [-0.4, -0.2) is 34.4 Å². The number of hydrogen-bond donors (Lipinski definition) is 1. The van der Waals surface area contributed by atoms with Crippen LogP contribution in [0.3, 0.4) is 0 Å². The van der Waals surface area contributed by atoms with E-state index in [4.69, 9.17) is 26.4 Å². The molecule has 9 heteroatoms. The van der Waals surface area contributed by atoms with E-state index in [1.807, 2.05) is 62.4 Å². The second kappa shape index (κ2) is 10.7. The first-order valence-corrected chi connectivity index (χ1v) is 12.8. The zero-order valence-corrected chi connectivity index (χ0v) is 21.9.